The first-order valence-corrected chi connectivity index (χ1v) is 5.75. The lowest BCUT2D eigenvalue weighted by molar-refractivity contribution is 0.174. The van der Waals surface area contributed by atoms with E-state index in [0.29, 0.717) is 6.54 Å². The molecule has 0 saturated heterocycles. The number of rotatable bonds is 3. The molecule has 0 fully saturated rings. The molecule has 18 heavy (non-hydrogen) atoms. The van der Waals surface area contributed by atoms with Crippen molar-refractivity contribution in [2.45, 2.75) is 5.92 Å². The molecule has 1 atom stereocenters. The van der Waals surface area contributed by atoms with Crippen LogP contribution in [0.1, 0.15) is 17.3 Å². The Labute approximate surface area is 105 Å². The van der Waals surface area contributed by atoms with Gasteiger partial charge in [0.05, 0.1) is 5.92 Å². The highest BCUT2D eigenvalue weighted by atomic mass is 16.7. The minimum absolute atomic E-state index is 0.0271. The van der Waals surface area contributed by atoms with Crippen molar-refractivity contribution in [2.75, 3.05) is 13.3 Å². The molecule has 1 aliphatic heterocycles. The molecule has 0 bridgehead atoms. The predicted octanol–water partition coefficient (Wildman–Crippen LogP) is 1.30. The number of nitrogens with two attached hydrogens (primary N) is 1. The van der Waals surface area contributed by atoms with Crippen LogP contribution < -0.4 is 15.2 Å². The molecule has 2 aromatic rings. The molecule has 1 aromatic heterocycles. The fourth-order valence-corrected chi connectivity index (χ4v) is 2.01. The highest BCUT2D eigenvalue weighted by Crippen LogP contribution is 2.35. The van der Waals surface area contributed by atoms with Crippen molar-refractivity contribution in [1.29, 1.82) is 0 Å². The van der Waals surface area contributed by atoms with Gasteiger partial charge in [-0.25, -0.2) is 9.97 Å². The molecule has 92 valence electrons. The van der Waals surface area contributed by atoms with Gasteiger partial charge in [0.15, 0.2) is 11.5 Å². The van der Waals surface area contributed by atoms with E-state index in [4.69, 9.17) is 15.2 Å². The van der Waals surface area contributed by atoms with Crippen molar-refractivity contribution in [2.24, 2.45) is 5.73 Å². The van der Waals surface area contributed by atoms with Gasteiger partial charge >= 0.3 is 0 Å². The number of fused-ring (bicyclic) bond motifs is 1. The largest absolute Gasteiger partial charge is 0.454 e. The average Bonchev–Trinajstić information content (AvgIpc) is 2.88. The molecule has 0 amide bonds. The van der Waals surface area contributed by atoms with E-state index >= 15 is 0 Å². The Bertz CT molecular complexity index is 545. The topological polar surface area (TPSA) is 70.3 Å². The van der Waals surface area contributed by atoms with Crippen LogP contribution in [0.2, 0.25) is 0 Å². The van der Waals surface area contributed by atoms with Crippen LogP contribution in [0.5, 0.6) is 11.5 Å². The highest BCUT2D eigenvalue weighted by molar-refractivity contribution is 5.46. The van der Waals surface area contributed by atoms with Gasteiger partial charge in [-0.3, -0.25) is 0 Å². The number of benzene rings is 1. The Balaban J connectivity index is 1.97. The number of hydrogen-bond acceptors (Lipinski definition) is 5. The summed E-state index contributed by atoms with van der Waals surface area (Å²) in [7, 11) is 0. The SMILES string of the molecule is NCC(c1ccc2c(c1)OCO2)c1ncccn1. The average molecular weight is 243 g/mol. The van der Waals surface area contributed by atoms with Gasteiger partial charge in [-0.1, -0.05) is 6.07 Å². The molecule has 0 aliphatic carbocycles. The van der Waals surface area contributed by atoms with E-state index in [0.717, 1.165) is 22.9 Å². The molecule has 1 unspecified atom stereocenters. The van der Waals surface area contributed by atoms with Crippen molar-refractivity contribution in [1.82, 2.24) is 9.97 Å². The van der Waals surface area contributed by atoms with Gasteiger partial charge in [0.1, 0.15) is 5.82 Å². The number of ether oxygens (including phenoxy) is 2. The minimum atomic E-state index is -0.0271. The first-order chi connectivity index (χ1) is 8.88. The first kappa shape index (κ1) is 11.0. The quantitative estimate of drug-likeness (QED) is 0.879. The van der Waals surface area contributed by atoms with Gasteiger partial charge in [-0.15, -0.1) is 0 Å². The van der Waals surface area contributed by atoms with Gasteiger partial charge in [0, 0.05) is 18.9 Å². The van der Waals surface area contributed by atoms with E-state index < -0.39 is 0 Å². The summed E-state index contributed by atoms with van der Waals surface area (Å²) in [4.78, 5) is 8.51. The number of nitrogens with zero attached hydrogens (tertiary/aromatic N) is 2. The van der Waals surface area contributed by atoms with Crippen LogP contribution in [-0.2, 0) is 0 Å². The Morgan fingerprint density at radius 1 is 1.17 bits per heavy atom. The molecule has 5 heteroatoms. The van der Waals surface area contributed by atoms with Gasteiger partial charge in [0.25, 0.3) is 0 Å². The lowest BCUT2D eigenvalue weighted by atomic mass is 9.98. The fourth-order valence-electron chi connectivity index (χ4n) is 2.01. The molecule has 0 spiro atoms. The van der Waals surface area contributed by atoms with Crippen molar-refractivity contribution in [3.05, 3.63) is 48.0 Å². The second kappa shape index (κ2) is 4.62. The molecular weight excluding hydrogens is 230 g/mol. The second-order valence-electron chi connectivity index (χ2n) is 4.01. The molecule has 2 N–H and O–H groups in total. The summed E-state index contributed by atoms with van der Waals surface area (Å²) in [5, 5.41) is 0. The van der Waals surface area contributed by atoms with E-state index in [9.17, 15) is 0 Å². The van der Waals surface area contributed by atoms with Crippen molar-refractivity contribution in [3.63, 3.8) is 0 Å². The molecule has 1 aliphatic rings. The Morgan fingerprint density at radius 2 is 1.94 bits per heavy atom. The number of hydrogen-bond donors (Lipinski definition) is 1. The second-order valence-corrected chi connectivity index (χ2v) is 4.01. The normalized spacial score (nSPS) is 14.5. The Hall–Kier alpha value is -2.14. The maximum absolute atomic E-state index is 5.83. The maximum atomic E-state index is 5.83. The third-order valence-corrected chi connectivity index (χ3v) is 2.93. The van der Waals surface area contributed by atoms with Crippen LogP contribution in [0.15, 0.2) is 36.7 Å². The molecule has 5 nitrogen and oxygen atoms in total. The van der Waals surface area contributed by atoms with Crippen LogP contribution in [0.4, 0.5) is 0 Å². The molecule has 2 heterocycles. The van der Waals surface area contributed by atoms with Crippen LogP contribution in [0.25, 0.3) is 0 Å². The van der Waals surface area contributed by atoms with Crippen molar-refractivity contribution < 1.29 is 9.47 Å². The Kier molecular flexibility index (Phi) is 2.82. The van der Waals surface area contributed by atoms with E-state index in [1.54, 1.807) is 18.5 Å². The maximum Gasteiger partial charge on any atom is 0.231 e. The van der Waals surface area contributed by atoms with E-state index in [1.807, 2.05) is 18.2 Å². The molecular formula is C13H13N3O2. The van der Waals surface area contributed by atoms with E-state index in [-0.39, 0.29) is 12.7 Å². The van der Waals surface area contributed by atoms with Crippen LogP contribution in [0.3, 0.4) is 0 Å². The predicted molar refractivity (Wildman–Crippen MR) is 65.5 cm³/mol. The summed E-state index contributed by atoms with van der Waals surface area (Å²) < 4.78 is 10.7. The zero-order valence-electron chi connectivity index (χ0n) is 9.74. The monoisotopic (exact) mass is 243 g/mol. The zero-order chi connectivity index (χ0) is 12.4. The standard InChI is InChI=1S/C13H13N3O2/c14-7-10(13-15-4-1-5-16-13)9-2-3-11-12(6-9)18-8-17-11/h1-6,10H,7-8,14H2. The third-order valence-electron chi connectivity index (χ3n) is 2.93. The molecule has 3 rings (SSSR count). The van der Waals surface area contributed by atoms with Gasteiger partial charge in [-0.2, -0.15) is 0 Å². The molecule has 1 aromatic carbocycles. The van der Waals surface area contributed by atoms with Crippen LogP contribution >= 0.6 is 0 Å². The lowest BCUT2D eigenvalue weighted by Gasteiger charge is -2.13. The summed E-state index contributed by atoms with van der Waals surface area (Å²) in [6.45, 7) is 0.720. The van der Waals surface area contributed by atoms with Crippen molar-refractivity contribution >= 4 is 0 Å². The van der Waals surface area contributed by atoms with Crippen LogP contribution in [-0.4, -0.2) is 23.3 Å². The van der Waals surface area contributed by atoms with Gasteiger partial charge in [0.2, 0.25) is 6.79 Å². The van der Waals surface area contributed by atoms with Gasteiger partial charge < -0.3 is 15.2 Å². The third kappa shape index (κ3) is 1.89. The van der Waals surface area contributed by atoms with Crippen molar-refractivity contribution in [3.8, 4) is 11.5 Å². The fraction of sp³-hybridized carbons (Fsp3) is 0.231. The Morgan fingerprint density at radius 3 is 2.72 bits per heavy atom. The van der Waals surface area contributed by atoms with Crippen LogP contribution in [0, 0.1) is 0 Å². The highest BCUT2D eigenvalue weighted by Gasteiger charge is 2.19. The summed E-state index contributed by atoms with van der Waals surface area (Å²) >= 11 is 0. The molecule has 0 radical (unpaired) electrons. The number of aromatic nitrogens is 2. The van der Waals surface area contributed by atoms with E-state index in [2.05, 4.69) is 9.97 Å². The van der Waals surface area contributed by atoms with Gasteiger partial charge in [-0.05, 0) is 23.8 Å². The van der Waals surface area contributed by atoms with E-state index in [1.165, 1.54) is 0 Å². The summed E-state index contributed by atoms with van der Waals surface area (Å²) in [6, 6.07) is 7.59. The minimum Gasteiger partial charge on any atom is -0.454 e. The first-order valence-electron chi connectivity index (χ1n) is 5.75. The summed E-state index contributed by atoms with van der Waals surface area (Å²) in [5.74, 6) is 2.21. The summed E-state index contributed by atoms with van der Waals surface area (Å²) in [5.41, 5.74) is 6.87. The molecule has 0 saturated carbocycles. The zero-order valence-corrected chi connectivity index (χ0v) is 9.74. The smallest absolute Gasteiger partial charge is 0.231 e. The lowest BCUT2D eigenvalue weighted by Crippen LogP contribution is -2.16. The summed E-state index contributed by atoms with van der Waals surface area (Å²) in [6.07, 6.45) is 3.44.